The minimum atomic E-state index is -0.433. The molecule has 8 heteroatoms. The van der Waals surface area contributed by atoms with Gasteiger partial charge in [0.05, 0.1) is 12.2 Å². The number of ether oxygens (including phenoxy) is 1. The first kappa shape index (κ1) is 16.3. The molecule has 8 nitrogen and oxygen atoms in total. The first-order valence-corrected chi connectivity index (χ1v) is 8.44. The SMILES string of the molecule is C=CC(=O)N1CC[C@H](Oc2nc(C3NNC(=O)N3)cc3ccccc23)C1. The van der Waals surface area contributed by atoms with Crippen LogP contribution in [0.25, 0.3) is 10.8 Å². The van der Waals surface area contributed by atoms with E-state index in [2.05, 4.69) is 27.7 Å². The number of pyridine rings is 1. The van der Waals surface area contributed by atoms with E-state index in [1.165, 1.54) is 6.08 Å². The summed E-state index contributed by atoms with van der Waals surface area (Å²) in [6.07, 6.45) is 1.49. The van der Waals surface area contributed by atoms with E-state index in [4.69, 9.17) is 4.74 Å². The molecule has 0 bridgehead atoms. The maximum atomic E-state index is 11.8. The largest absolute Gasteiger partial charge is 0.472 e. The molecular weight excluding hydrogens is 334 g/mol. The minimum absolute atomic E-state index is 0.0911. The Balaban J connectivity index is 1.62. The van der Waals surface area contributed by atoms with Gasteiger partial charge < -0.3 is 15.0 Å². The zero-order valence-corrected chi connectivity index (χ0v) is 14.1. The molecule has 26 heavy (non-hydrogen) atoms. The highest BCUT2D eigenvalue weighted by atomic mass is 16.5. The van der Waals surface area contributed by atoms with Crippen LogP contribution in [0.5, 0.6) is 5.88 Å². The molecule has 0 aliphatic carbocycles. The van der Waals surface area contributed by atoms with Crippen molar-refractivity contribution in [3.8, 4) is 5.88 Å². The Labute approximate surface area is 150 Å². The maximum Gasteiger partial charge on any atom is 0.330 e. The van der Waals surface area contributed by atoms with Gasteiger partial charge in [-0.1, -0.05) is 24.8 Å². The number of amides is 3. The predicted octanol–water partition coefficient (Wildman–Crippen LogP) is 1.22. The molecule has 2 atom stereocenters. The summed E-state index contributed by atoms with van der Waals surface area (Å²) in [6, 6.07) is 9.39. The number of hydrogen-bond acceptors (Lipinski definition) is 5. The van der Waals surface area contributed by atoms with Gasteiger partial charge in [-0.3, -0.25) is 10.2 Å². The van der Waals surface area contributed by atoms with Crippen molar-refractivity contribution in [3.05, 3.63) is 48.7 Å². The normalized spacial score (nSPS) is 22.2. The number of carbonyl (C=O) groups excluding carboxylic acids is 2. The number of nitrogens with zero attached hydrogens (tertiary/aromatic N) is 2. The fourth-order valence-electron chi connectivity index (χ4n) is 3.22. The lowest BCUT2D eigenvalue weighted by atomic mass is 10.1. The van der Waals surface area contributed by atoms with Gasteiger partial charge >= 0.3 is 6.03 Å². The molecule has 3 amide bonds. The third-order valence-electron chi connectivity index (χ3n) is 4.54. The summed E-state index contributed by atoms with van der Waals surface area (Å²) < 4.78 is 6.14. The van der Waals surface area contributed by atoms with Gasteiger partial charge in [0.1, 0.15) is 12.3 Å². The Morgan fingerprint density at radius 3 is 3.00 bits per heavy atom. The quantitative estimate of drug-likeness (QED) is 0.718. The van der Waals surface area contributed by atoms with Gasteiger partial charge in [-0.15, -0.1) is 0 Å². The van der Waals surface area contributed by atoms with Crippen molar-refractivity contribution >= 4 is 22.7 Å². The van der Waals surface area contributed by atoms with Gasteiger partial charge in [-0.2, -0.15) is 0 Å². The number of benzene rings is 1. The lowest BCUT2D eigenvalue weighted by Gasteiger charge is -2.18. The Morgan fingerprint density at radius 1 is 1.38 bits per heavy atom. The third kappa shape index (κ3) is 3.06. The van der Waals surface area contributed by atoms with Crippen LogP contribution < -0.4 is 20.9 Å². The van der Waals surface area contributed by atoms with E-state index < -0.39 is 6.17 Å². The Hall–Kier alpha value is -3.13. The number of aromatic nitrogens is 1. The number of hydrogen-bond donors (Lipinski definition) is 3. The van der Waals surface area contributed by atoms with Crippen LogP contribution in [-0.2, 0) is 4.79 Å². The van der Waals surface area contributed by atoms with Crippen LogP contribution in [-0.4, -0.2) is 41.0 Å². The van der Waals surface area contributed by atoms with E-state index in [1.54, 1.807) is 4.90 Å². The molecule has 134 valence electrons. The van der Waals surface area contributed by atoms with Crippen molar-refractivity contribution in [1.82, 2.24) is 26.1 Å². The van der Waals surface area contributed by atoms with Crippen LogP contribution >= 0.6 is 0 Å². The second-order valence-electron chi connectivity index (χ2n) is 6.27. The van der Waals surface area contributed by atoms with Gasteiger partial charge in [-0.05, 0) is 23.6 Å². The van der Waals surface area contributed by atoms with Crippen molar-refractivity contribution in [3.63, 3.8) is 0 Å². The van der Waals surface area contributed by atoms with Crippen LogP contribution in [0, 0.1) is 0 Å². The molecule has 3 N–H and O–H groups in total. The number of nitrogens with one attached hydrogen (secondary N) is 3. The number of rotatable bonds is 4. The van der Waals surface area contributed by atoms with Crippen molar-refractivity contribution in [2.24, 2.45) is 0 Å². The molecule has 1 aromatic heterocycles. The van der Waals surface area contributed by atoms with E-state index in [1.807, 2.05) is 30.3 Å². The molecule has 3 heterocycles. The molecular formula is C18H19N5O3. The number of likely N-dealkylation sites (tertiary alicyclic amines) is 1. The predicted molar refractivity (Wildman–Crippen MR) is 95.1 cm³/mol. The molecule has 2 saturated heterocycles. The third-order valence-corrected chi connectivity index (χ3v) is 4.54. The fraction of sp³-hybridized carbons (Fsp3) is 0.278. The average Bonchev–Trinajstić information content (AvgIpc) is 3.30. The summed E-state index contributed by atoms with van der Waals surface area (Å²) in [5.41, 5.74) is 5.99. The Morgan fingerprint density at radius 2 is 2.23 bits per heavy atom. The maximum absolute atomic E-state index is 11.8. The first-order valence-electron chi connectivity index (χ1n) is 8.44. The molecule has 2 aromatic rings. The topological polar surface area (TPSA) is 95.6 Å². The summed E-state index contributed by atoms with van der Waals surface area (Å²) in [4.78, 5) is 29.5. The first-order chi connectivity index (χ1) is 12.6. The summed E-state index contributed by atoms with van der Waals surface area (Å²) >= 11 is 0. The minimum Gasteiger partial charge on any atom is -0.472 e. The van der Waals surface area contributed by atoms with Gasteiger partial charge in [0.15, 0.2) is 0 Å². The van der Waals surface area contributed by atoms with Crippen LogP contribution in [0.3, 0.4) is 0 Å². The standard InChI is InChI=1S/C18H19N5O3/c1-2-15(24)23-8-7-12(10-23)26-17-13-6-4-3-5-11(13)9-14(19-17)16-20-18(25)22-21-16/h2-6,9,12,16,21H,1,7-8,10H2,(H2,20,22,25)/t12-,16?/m0/s1. The second kappa shape index (κ2) is 6.64. The molecule has 0 saturated carbocycles. The van der Waals surface area contributed by atoms with Gasteiger partial charge in [0.2, 0.25) is 11.8 Å². The van der Waals surface area contributed by atoms with Crippen molar-refractivity contribution in [2.45, 2.75) is 18.7 Å². The molecule has 2 fully saturated rings. The Kier molecular flexibility index (Phi) is 4.18. The van der Waals surface area contributed by atoms with Crippen molar-refractivity contribution in [1.29, 1.82) is 0 Å². The summed E-state index contributed by atoms with van der Waals surface area (Å²) in [5, 5.41) is 4.60. The summed E-state index contributed by atoms with van der Waals surface area (Å²) in [5.74, 6) is 0.408. The molecule has 0 radical (unpaired) electrons. The smallest absolute Gasteiger partial charge is 0.330 e. The van der Waals surface area contributed by atoms with E-state index >= 15 is 0 Å². The van der Waals surface area contributed by atoms with Gasteiger partial charge in [0, 0.05) is 18.4 Å². The van der Waals surface area contributed by atoms with Crippen LogP contribution in [0.15, 0.2) is 43.0 Å². The summed E-state index contributed by atoms with van der Waals surface area (Å²) in [7, 11) is 0. The van der Waals surface area contributed by atoms with Crippen molar-refractivity contribution in [2.75, 3.05) is 13.1 Å². The lowest BCUT2D eigenvalue weighted by molar-refractivity contribution is -0.125. The molecule has 1 unspecified atom stereocenters. The molecule has 2 aliphatic rings. The summed E-state index contributed by atoms with van der Waals surface area (Å²) in [6.45, 7) is 4.67. The van der Waals surface area contributed by atoms with Crippen LogP contribution in [0.2, 0.25) is 0 Å². The number of urea groups is 1. The second-order valence-corrected chi connectivity index (χ2v) is 6.27. The molecule has 0 spiro atoms. The lowest BCUT2D eigenvalue weighted by Crippen LogP contribution is -2.29. The average molecular weight is 353 g/mol. The molecule has 2 aliphatic heterocycles. The van der Waals surface area contributed by atoms with Gasteiger partial charge in [0.25, 0.3) is 0 Å². The van der Waals surface area contributed by atoms with Crippen molar-refractivity contribution < 1.29 is 14.3 Å². The van der Waals surface area contributed by atoms with E-state index in [9.17, 15) is 9.59 Å². The van der Waals surface area contributed by atoms with Crippen LogP contribution in [0.4, 0.5) is 4.79 Å². The van der Waals surface area contributed by atoms with E-state index in [-0.39, 0.29) is 18.0 Å². The zero-order valence-electron chi connectivity index (χ0n) is 14.1. The highest BCUT2D eigenvalue weighted by Gasteiger charge is 2.28. The number of fused-ring (bicyclic) bond motifs is 1. The van der Waals surface area contributed by atoms with E-state index in [0.717, 1.165) is 17.2 Å². The molecule has 4 rings (SSSR count). The van der Waals surface area contributed by atoms with E-state index in [0.29, 0.717) is 24.7 Å². The molecule has 1 aromatic carbocycles. The Bertz CT molecular complexity index is 884. The van der Waals surface area contributed by atoms with Crippen LogP contribution in [0.1, 0.15) is 18.3 Å². The highest BCUT2D eigenvalue weighted by Crippen LogP contribution is 2.29. The monoisotopic (exact) mass is 353 g/mol. The fourth-order valence-corrected chi connectivity index (χ4v) is 3.22. The highest BCUT2D eigenvalue weighted by molar-refractivity contribution is 5.88. The number of hydrazine groups is 1. The zero-order chi connectivity index (χ0) is 18.1. The van der Waals surface area contributed by atoms with Gasteiger partial charge in [-0.25, -0.2) is 15.2 Å². The number of carbonyl (C=O) groups is 2.